The second-order valence-electron chi connectivity index (χ2n) is 7.08. The van der Waals surface area contributed by atoms with Crippen molar-refractivity contribution in [2.45, 2.75) is 31.5 Å². The van der Waals surface area contributed by atoms with Crippen LogP contribution in [0.5, 0.6) is 0 Å². The number of carbonyl (C=O) groups is 1. The molecule has 140 valence electrons. The minimum Gasteiger partial charge on any atom is -0.350 e. The summed E-state index contributed by atoms with van der Waals surface area (Å²) >= 11 is 0. The number of halogens is 1. The van der Waals surface area contributed by atoms with Gasteiger partial charge in [0.2, 0.25) is 5.91 Å². The second-order valence-corrected chi connectivity index (χ2v) is 7.08. The zero-order valence-corrected chi connectivity index (χ0v) is 15.3. The molecule has 1 aliphatic heterocycles. The van der Waals surface area contributed by atoms with Gasteiger partial charge in [0.05, 0.1) is 0 Å². The third-order valence-corrected chi connectivity index (χ3v) is 4.85. The van der Waals surface area contributed by atoms with E-state index < -0.39 is 5.54 Å². The van der Waals surface area contributed by atoms with E-state index in [-0.39, 0.29) is 11.7 Å². The average molecular weight is 359 g/mol. The summed E-state index contributed by atoms with van der Waals surface area (Å²) in [6, 6.07) is 6.84. The lowest BCUT2D eigenvalue weighted by Gasteiger charge is -2.36. The highest BCUT2D eigenvalue weighted by Crippen LogP contribution is 2.27. The zero-order valence-electron chi connectivity index (χ0n) is 15.3. The molecule has 0 spiro atoms. The Bertz CT molecular complexity index is 738. The number of carbonyl (C=O) groups excluding carboxylic acids is 1. The van der Waals surface area contributed by atoms with Gasteiger partial charge in [-0.25, -0.2) is 4.39 Å². The molecule has 2 N–H and O–H groups in total. The Hall–Kier alpha value is -2.25. The van der Waals surface area contributed by atoms with E-state index in [9.17, 15) is 9.18 Å². The zero-order chi connectivity index (χ0) is 18.6. The molecule has 1 amide bonds. The van der Waals surface area contributed by atoms with E-state index in [0.29, 0.717) is 31.5 Å². The van der Waals surface area contributed by atoms with Crippen LogP contribution >= 0.6 is 0 Å². The molecule has 2 aromatic rings. The van der Waals surface area contributed by atoms with Gasteiger partial charge in [-0.1, -0.05) is 6.07 Å². The number of nitrogens with one attached hydrogen (secondary N) is 2. The van der Waals surface area contributed by atoms with Gasteiger partial charge >= 0.3 is 0 Å². The third kappa shape index (κ3) is 3.94. The van der Waals surface area contributed by atoms with Gasteiger partial charge in [0.1, 0.15) is 11.4 Å². The Balaban J connectivity index is 1.73. The predicted molar refractivity (Wildman–Crippen MR) is 97.9 cm³/mol. The van der Waals surface area contributed by atoms with Gasteiger partial charge in [0.25, 0.3) is 0 Å². The van der Waals surface area contributed by atoms with Crippen LogP contribution in [0.1, 0.15) is 24.0 Å². The van der Waals surface area contributed by atoms with Crippen LogP contribution in [0.3, 0.4) is 0 Å². The fourth-order valence-electron chi connectivity index (χ4n) is 3.47. The highest BCUT2D eigenvalue weighted by atomic mass is 19.1. The lowest BCUT2D eigenvalue weighted by molar-refractivity contribution is -0.132. The van der Waals surface area contributed by atoms with Crippen molar-refractivity contribution in [1.29, 1.82) is 0 Å². The molecule has 1 aliphatic rings. The van der Waals surface area contributed by atoms with Gasteiger partial charge in [0.15, 0.2) is 0 Å². The first-order valence-electron chi connectivity index (χ1n) is 8.92. The van der Waals surface area contributed by atoms with Crippen molar-refractivity contribution < 1.29 is 9.18 Å². The van der Waals surface area contributed by atoms with E-state index in [4.69, 9.17) is 0 Å². The number of benzene rings is 1. The van der Waals surface area contributed by atoms with E-state index in [2.05, 4.69) is 15.7 Å². The lowest BCUT2D eigenvalue weighted by atomic mass is 9.87. The van der Waals surface area contributed by atoms with E-state index in [0.717, 1.165) is 18.7 Å². The predicted octanol–water partition coefficient (Wildman–Crippen LogP) is 1.48. The van der Waals surface area contributed by atoms with Gasteiger partial charge in [0, 0.05) is 31.0 Å². The maximum atomic E-state index is 13.9. The summed E-state index contributed by atoms with van der Waals surface area (Å²) in [5.74, 6) is -0.263. The largest absolute Gasteiger partial charge is 0.350 e. The van der Waals surface area contributed by atoms with Crippen molar-refractivity contribution in [3.8, 4) is 0 Å². The number of aromatic nitrogens is 2. The van der Waals surface area contributed by atoms with Gasteiger partial charge in [-0.15, -0.1) is 0 Å². The Labute approximate surface area is 153 Å². The van der Waals surface area contributed by atoms with E-state index in [1.54, 1.807) is 16.9 Å². The quantitative estimate of drug-likeness (QED) is 0.820. The van der Waals surface area contributed by atoms with E-state index >= 15 is 0 Å². The molecule has 6 nitrogen and oxygen atoms in total. The number of hydrogen-bond donors (Lipinski definition) is 2. The van der Waals surface area contributed by atoms with Crippen molar-refractivity contribution in [1.82, 2.24) is 25.3 Å². The number of hydrogen-bond acceptors (Lipinski definition) is 4. The van der Waals surface area contributed by atoms with Gasteiger partial charge in [-0.2, -0.15) is 5.10 Å². The van der Waals surface area contributed by atoms with Crippen molar-refractivity contribution in [2.75, 3.05) is 27.2 Å². The van der Waals surface area contributed by atoms with Crippen molar-refractivity contribution in [3.05, 3.63) is 53.6 Å². The Morgan fingerprint density at radius 1 is 1.38 bits per heavy atom. The number of nitrogens with zero attached hydrogens (tertiary/aromatic N) is 3. The molecule has 1 fully saturated rings. The van der Waals surface area contributed by atoms with E-state index in [1.807, 2.05) is 37.3 Å². The van der Waals surface area contributed by atoms with Crippen LogP contribution in [0.4, 0.5) is 4.39 Å². The Kier molecular flexibility index (Phi) is 5.68. The van der Waals surface area contributed by atoms with Crippen LogP contribution in [-0.4, -0.2) is 47.8 Å². The van der Waals surface area contributed by atoms with Crippen molar-refractivity contribution in [3.63, 3.8) is 0 Å². The van der Waals surface area contributed by atoms with Crippen LogP contribution in [0.2, 0.25) is 0 Å². The van der Waals surface area contributed by atoms with E-state index in [1.165, 1.54) is 6.07 Å². The summed E-state index contributed by atoms with van der Waals surface area (Å²) in [5.41, 5.74) is 0.855. The molecule has 0 bridgehead atoms. The summed E-state index contributed by atoms with van der Waals surface area (Å²) in [7, 11) is 3.80. The maximum absolute atomic E-state index is 13.9. The van der Waals surface area contributed by atoms with Gasteiger partial charge < -0.3 is 15.5 Å². The normalized spacial score (nSPS) is 16.6. The first kappa shape index (κ1) is 18.5. The SMILES string of the molecule is CN(C)Cc1cc(CNC(=O)C2(n3cccn3)CCNCC2)ccc1F. The van der Waals surface area contributed by atoms with Crippen LogP contribution in [0, 0.1) is 5.82 Å². The molecule has 0 radical (unpaired) electrons. The highest BCUT2D eigenvalue weighted by molar-refractivity contribution is 5.84. The fraction of sp³-hybridized carbons (Fsp3) is 0.474. The molecule has 0 unspecified atom stereocenters. The number of rotatable bonds is 6. The smallest absolute Gasteiger partial charge is 0.248 e. The standard InChI is InChI=1S/C19H26FN5O/c1-24(2)14-16-12-15(4-5-17(16)20)13-22-18(26)19(6-9-21-10-7-19)25-11-3-8-23-25/h3-5,8,11-12,21H,6-7,9-10,13-14H2,1-2H3,(H,22,26). The monoisotopic (exact) mass is 359 g/mol. The van der Waals surface area contributed by atoms with Gasteiger partial charge in [-0.05, 0) is 63.8 Å². The minimum atomic E-state index is -0.665. The summed E-state index contributed by atoms with van der Waals surface area (Å²) in [5, 5.41) is 10.6. The highest BCUT2D eigenvalue weighted by Gasteiger charge is 2.41. The summed E-state index contributed by atoms with van der Waals surface area (Å²) < 4.78 is 15.7. The molecule has 1 aromatic carbocycles. The molecule has 3 rings (SSSR count). The summed E-state index contributed by atoms with van der Waals surface area (Å²) in [6.45, 7) is 2.44. The molecule has 0 atom stereocenters. The lowest BCUT2D eigenvalue weighted by Crippen LogP contribution is -2.54. The number of amides is 1. The van der Waals surface area contributed by atoms with Crippen LogP contribution < -0.4 is 10.6 Å². The molecular weight excluding hydrogens is 333 g/mol. The first-order chi connectivity index (χ1) is 12.5. The summed E-state index contributed by atoms with van der Waals surface area (Å²) in [4.78, 5) is 15.0. The second kappa shape index (κ2) is 7.97. The summed E-state index contributed by atoms with van der Waals surface area (Å²) in [6.07, 6.45) is 4.92. The topological polar surface area (TPSA) is 62.2 Å². The fourth-order valence-corrected chi connectivity index (χ4v) is 3.47. The third-order valence-electron chi connectivity index (χ3n) is 4.85. The van der Waals surface area contributed by atoms with Crippen molar-refractivity contribution in [2.24, 2.45) is 0 Å². The molecule has 0 saturated carbocycles. The van der Waals surface area contributed by atoms with Crippen LogP contribution in [-0.2, 0) is 23.4 Å². The first-order valence-corrected chi connectivity index (χ1v) is 8.92. The average Bonchev–Trinajstić information content (AvgIpc) is 3.17. The molecule has 1 saturated heterocycles. The molecule has 1 aromatic heterocycles. The Morgan fingerprint density at radius 2 is 2.15 bits per heavy atom. The maximum Gasteiger partial charge on any atom is 0.248 e. The molecular formula is C19H26FN5O. The number of piperidine rings is 1. The molecule has 26 heavy (non-hydrogen) atoms. The minimum absolute atomic E-state index is 0.0406. The molecule has 0 aliphatic carbocycles. The molecule has 2 heterocycles. The molecule has 7 heteroatoms. The Morgan fingerprint density at radius 3 is 2.81 bits per heavy atom. The van der Waals surface area contributed by atoms with Crippen molar-refractivity contribution >= 4 is 5.91 Å². The van der Waals surface area contributed by atoms with Crippen LogP contribution in [0.25, 0.3) is 0 Å². The van der Waals surface area contributed by atoms with Crippen LogP contribution in [0.15, 0.2) is 36.7 Å². The van der Waals surface area contributed by atoms with Gasteiger partial charge in [-0.3, -0.25) is 9.48 Å².